The van der Waals surface area contributed by atoms with Crippen LogP contribution in [-0.2, 0) is 9.53 Å². The van der Waals surface area contributed by atoms with Crippen molar-refractivity contribution in [2.24, 2.45) is 0 Å². The molecule has 70 valence electrons. The van der Waals surface area contributed by atoms with Gasteiger partial charge in [0.2, 0.25) is 5.91 Å². The van der Waals surface area contributed by atoms with Crippen LogP contribution in [0.5, 0.6) is 0 Å². The van der Waals surface area contributed by atoms with Gasteiger partial charge in [-0.15, -0.1) is 0 Å². The van der Waals surface area contributed by atoms with Gasteiger partial charge in [-0.1, -0.05) is 0 Å². The summed E-state index contributed by atoms with van der Waals surface area (Å²) >= 11 is 0. The van der Waals surface area contributed by atoms with Gasteiger partial charge in [0.15, 0.2) is 0 Å². The molecular formula is C8H16N2O2. The summed E-state index contributed by atoms with van der Waals surface area (Å²) in [4.78, 5) is 13.0. The highest BCUT2D eigenvalue weighted by Crippen LogP contribution is 2.01. The van der Waals surface area contributed by atoms with E-state index >= 15 is 0 Å². The molecule has 0 radical (unpaired) electrons. The molecule has 4 heteroatoms. The third kappa shape index (κ3) is 2.19. The van der Waals surface area contributed by atoms with Gasteiger partial charge in [-0.25, -0.2) is 0 Å². The van der Waals surface area contributed by atoms with E-state index in [9.17, 15) is 4.79 Å². The van der Waals surface area contributed by atoms with Crippen LogP contribution in [0.25, 0.3) is 0 Å². The number of ether oxygens (including phenoxy) is 1. The number of carbonyl (C=O) groups is 1. The molecule has 0 unspecified atom stereocenters. The van der Waals surface area contributed by atoms with Crippen LogP contribution < -0.4 is 5.32 Å². The summed E-state index contributed by atoms with van der Waals surface area (Å²) in [5.74, 6) is 0.0848. The first-order chi connectivity index (χ1) is 5.61. The quantitative estimate of drug-likeness (QED) is 0.577. The number of hydrogen-bond donors (Lipinski definition) is 1. The standard InChI is InChI=1S/C8H16N2O2/c1-6-4-12-5-7(9-6)8(11)10(2)3/h6-7,9H,4-5H2,1-3H3/t6-,7-/m0/s1. The Morgan fingerprint density at radius 2 is 2.17 bits per heavy atom. The summed E-state index contributed by atoms with van der Waals surface area (Å²) in [6.45, 7) is 3.19. The van der Waals surface area contributed by atoms with Crippen molar-refractivity contribution < 1.29 is 9.53 Å². The lowest BCUT2D eigenvalue weighted by Crippen LogP contribution is -2.54. The van der Waals surface area contributed by atoms with E-state index in [2.05, 4.69) is 5.32 Å². The third-order valence-electron chi connectivity index (χ3n) is 1.88. The molecule has 1 N–H and O–H groups in total. The maximum absolute atomic E-state index is 11.4. The van der Waals surface area contributed by atoms with Crippen LogP contribution in [0, 0.1) is 0 Å². The van der Waals surface area contributed by atoms with Crippen molar-refractivity contribution in [3.8, 4) is 0 Å². The Kier molecular flexibility index (Phi) is 3.05. The van der Waals surface area contributed by atoms with Crippen LogP contribution in [-0.4, -0.2) is 50.2 Å². The van der Waals surface area contributed by atoms with Crippen LogP contribution in [0.3, 0.4) is 0 Å². The van der Waals surface area contributed by atoms with Gasteiger partial charge < -0.3 is 9.64 Å². The zero-order chi connectivity index (χ0) is 9.14. The molecule has 1 aliphatic rings. The van der Waals surface area contributed by atoms with Crippen molar-refractivity contribution in [1.82, 2.24) is 10.2 Å². The smallest absolute Gasteiger partial charge is 0.241 e. The topological polar surface area (TPSA) is 41.6 Å². The molecule has 1 heterocycles. The van der Waals surface area contributed by atoms with Crippen LogP contribution >= 0.6 is 0 Å². The van der Waals surface area contributed by atoms with Crippen molar-refractivity contribution in [3.63, 3.8) is 0 Å². The Balaban J connectivity index is 2.46. The highest BCUT2D eigenvalue weighted by atomic mass is 16.5. The van der Waals surface area contributed by atoms with Crippen molar-refractivity contribution in [3.05, 3.63) is 0 Å². The second kappa shape index (κ2) is 3.87. The molecule has 0 spiro atoms. The van der Waals surface area contributed by atoms with Crippen molar-refractivity contribution in [2.45, 2.75) is 19.0 Å². The summed E-state index contributed by atoms with van der Waals surface area (Å²) in [5, 5.41) is 3.18. The van der Waals surface area contributed by atoms with E-state index in [0.717, 1.165) is 0 Å². The van der Waals surface area contributed by atoms with Crippen molar-refractivity contribution in [2.75, 3.05) is 27.3 Å². The van der Waals surface area contributed by atoms with Gasteiger partial charge in [0, 0.05) is 20.1 Å². The minimum atomic E-state index is -0.163. The van der Waals surface area contributed by atoms with E-state index in [-0.39, 0.29) is 18.0 Å². The summed E-state index contributed by atoms with van der Waals surface area (Å²) in [6, 6.07) is 0.108. The molecule has 0 aliphatic carbocycles. The predicted molar refractivity (Wildman–Crippen MR) is 45.9 cm³/mol. The molecule has 0 aromatic carbocycles. The lowest BCUT2D eigenvalue weighted by atomic mass is 10.2. The van der Waals surface area contributed by atoms with Crippen molar-refractivity contribution >= 4 is 5.91 Å². The monoisotopic (exact) mass is 172 g/mol. The molecule has 0 aromatic rings. The highest BCUT2D eigenvalue weighted by molar-refractivity contribution is 5.81. The van der Waals surface area contributed by atoms with Gasteiger partial charge in [0.05, 0.1) is 13.2 Å². The molecule has 0 saturated carbocycles. The number of carbonyl (C=O) groups excluding carboxylic acids is 1. The van der Waals surface area contributed by atoms with E-state index < -0.39 is 0 Å². The van der Waals surface area contributed by atoms with Gasteiger partial charge in [-0.05, 0) is 6.92 Å². The van der Waals surface area contributed by atoms with Gasteiger partial charge >= 0.3 is 0 Å². The van der Waals surface area contributed by atoms with Crippen LogP contribution in [0.15, 0.2) is 0 Å². The second-order valence-electron chi connectivity index (χ2n) is 3.39. The number of amides is 1. The maximum atomic E-state index is 11.4. The predicted octanol–water partition coefficient (Wildman–Crippen LogP) is -0.548. The Hall–Kier alpha value is -0.610. The number of rotatable bonds is 1. The highest BCUT2D eigenvalue weighted by Gasteiger charge is 2.25. The number of morpholine rings is 1. The number of hydrogen-bond acceptors (Lipinski definition) is 3. The van der Waals surface area contributed by atoms with Gasteiger partial charge in [0.1, 0.15) is 6.04 Å². The fourth-order valence-corrected chi connectivity index (χ4v) is 1.26. The molecular weight excluding hydrogens is 156 g/mol. The summed E-state index contributed by atoms with van der Waals surface area (Å²) in [7, 11) is 3.51. The third-order valence-corrected chi connectivity index (χ3v) is 1.88. The van der Waals surface area contributed by atoms with Crippen LogP contribution in [0.1, 0.15) is 6.92 Å². The summed E-state index contributed by atoms with van der Waals surface area (Å²) in [5.41, 5.74) is 0. The molecule has 2 atom stereocenters. The first-order valence-electron chi connectivity index (χ1n) is 4.16. The Morgan fingerprint density at radius 1 is 1.50 bits per heavy atom. The van der Waals surface area contributed by atoms with E-state index in [4.69, 9.17) is 4.74 Å². The van der Waals surface area contributed by atoms with E-state index in [1.54, 1.807) is 19.0 Å². The number of nitrogens with one attached hydrogen (secondary N) is 1. The maximum Gasteiger partial charge on any atom is 0.241 e. The molecule has 1 aliphatic heterocycles. The minimum absolute atomic E-state index is 0.0848. The molecule has 0 aromatic heterocycles. The largest absolute Gasteiger partial charge is 0.378 e. The van der Waals surface area contributed by atoms with Gasteiger partial charge in [-0.2, -0.15) is 0 Å². The van der Waals surface area contributed by atoms with Gasteiger partial charge in [-0.3, -0.25) is 10.1 Å². The molecule has 1 rings (SSSR count). The minimum Gasteiger partial charge on any atom is -0.378 e. The summed E-state index contributed by atoms with van der Waals surface area (Å²) < 4.78 is 5.26. The number of nitrogens with zero attached hydrogens (tertiary/aromatic N) is 1. The molecule has 1 amide bonds. The number of likely N-dealkylation sites (N-methyl/N-ethyl adjacent to an activating group) is 1. The molecule has 4 nitrogen and oxygen atoms in total. The lowest BCUT2D eigenvalue weighted by molar-refractivity contribution is -0.134. The first kappa shape index (κ1) is 9.48. The fraction of sp³-hybridized carbons (Fsp3) is 0.875. The average Bonchev–Trinajstić information content (AvgIpc) is 2.03. The Labute approximate surface area is 72.9 Å². The van der Waals surface area contributed by atoms with E-state index in [1.807, 2.05) is 6.92 Å². The SMILES string of the molecule is C[C@H]1COC[C@@H](C(=O)N(C)C)N1. The summed E-state index contributed by atoms with van der Waals surface area (Å²) in [6.07, 6.45) is 0. The normalized spacial score (nSPS) is 29.9. The van der Waals surface area contributed by atoms with Gasteiger partial charge in [0.25, 0.3) is 0 Å². The fourth-order valence-electron chi connectivity index (χ4n) is 1.26. The average molecular weight is 172 g/mol. The van der Waals surface area contributed by atoms with Crippen molar-refractivity contribution in [1.29, 1.82) is 0 Å². The van der Waals surface area contributed by atoms with Crippen LogP contribution in [0.4, 0.5) is 0 Å². The Bertz CT molecular complexity index is 170. The molecule has 1 fully saturated rings. The van der Waals surface area contributed by atoms with E-state index in [0.29, 0.717) is 13.2 Å². The first-order valence-corrected chi connectivity index (χ1v) is 4.16. The zero-order valence-corrected chi connectivity index (χ0v) is 7.83. The zero-order valence-electron chi connectivity index (χ0n) is 7.83. The molecule has 0 bridgehead atoms. The Morgan fingerprint density at radius 3 is 2.67 bits per heavy atom. The molecule has 1 saturated heterocycles. The lowest BCUT2D eigenvalue weighted by Gasteiger charge is -2.29. The van der Waals surface area contributed by atoms with E-state index in [1.165, 1.54) is 0 Å². The second-order valence-corrected chi connectivity index (χ2v) is 3.39. The van der Waals surface area contributed by atoms with Crippen LogP contribution in [0.2, 0.25) is 0 Å². The molecule has 12 heavy (non-hydrogen) atoms.